The van der Waals surface area contributed by atoms with Crippen molar-refractivity contribution in [1.29, 1.82) is 0 Å². The van der Waals surface area contributed by atoms with Crippen LogP contribution in [0, 0.1) is 6.92 Å². The lowest BCUT2D eigenvalue weighted by atomic mass is 10.1. The normalized spacial score (nSPS) is 14.2. The summed E-state index contributed by atoms with van der Waals surface area (Å²) in [7, 11) is 1.60. The summed E-state index contributed by atoms with van der Waals surface area (Å²) < 4.78 is 47.8. The molecule has 228 valence electrons. The molecule has 1 fully saturated rings. The molecule has 44 heavy (non-hydrogen) atoms. The second-order valence-corrected chi connectivity index (χ2v) is 11.0. The summed E-state index contributed by atoms with van der Waals surface area (Å²) in [6.45, 7) is 2.52. The largest absolute Gasteiger partial charge is 0.573 e. The van der Waals surface area contributed by atoms with Gasteiger partial charge in [0.2, 0.25) is 5.91 Å². The number of benzene rings is 3. The molecule has 1 amide bonds. The monoisotopic (exact) mass is 640 g/mol. The van der Waals surface area contributed by atoms with Crippen molar-refractivity contribution >= 4 is 45.9 Å². The molecule has 4 aromatic rings. The SMILES string of the molecule is COc1ccc(N2C(=O)CSC2=NC(=S)NCCCc2ccc(-c3ncn(-c4ccc(OC(F)(F)F)cc4)n3)cc2)c(C)c1. The van der Waals surface area contributed by atoms with Crippen LogP contribution in [0.2, 0.25) is 0 Å². The number of ether oxygens (including phenoxy) is 2. The summed E-state index contributed by atoms with van der Waals surface area (Å²) in [5.74, 6) is 1.14. The number of hydrogen-bond donors (Lipinski definition) is 1. The number of anilines is 1. The molecule has 2 heterocycles. The predicted molar refractivity (Wildman–Crippen MR) is 168 cm³/mol. The van der Waals surface area contributed by atoms with E-state index in [1.54, 1.807) is 12.0 Å². The van der Waals surface area contributed by atoms with Gasteiger partial charge >= 0.3 is 6.36 Å². The highest BCUT2D eigenvalue weighted by molar-refractivity contribution is 8.15. The van der Waals surface area contributed by atoms with Gasteiger partial charge in [0, 0.05) is 12.1 Å². The van der Waals surface area contributed by atoms with E-state index < -0.39 is 6.36 Å². The maximum atomic E-state index is 12.6. The average molecular weight is 641 g/mol. The second-order valence-electron chi connectivity index (χ2n) is 9.65. The van der Waals surface area contributed by atoms with Crippen LogP contribution in [0.3, 0.4) is 0 Å². The number of aromatic nitrogens is 3. The summed E-state index contributed by atoms with van der Waals surface area (Å²) in [6.07, 6.45) is -1.65. The minimum absolute atomic E-state index is 0.0520. The van der Waals surface area contributed by atoms with Crippen molar-refractivity contribution in [2.24, 2.45) is 4.99 Å². The molecule has 3 aromatic carbocycles. The molecular formula is C30H27F3N6O3S2. The molecule has 0 bridgehead atoms. The standard InChI is InChI=1S/C30H27F3N6O3S2/c1-19-16-24(41-2)13-14-25(19)39-26(40)17-44-29(39)36-28(43)34-15-3-4-20-5-7-21(8-6-20)27-35-18-38(37-27)22-9-11-23(12-10-22)42-30(31,32)33/h5-14,16,18H,3-4,15,17H2,1-2H3,(H,34,43). The Bertz CT molecular complexity index is 1670. The van der Waals surface area contributed by atoms with E-state index in [4.69, 9.17) is 17.0 Å². The quantitative estimate of drug-likeness (QED) is 0.174. The molecule has 1 saturated heterocycles. The number of nitrogens with one attached hydrogen (secondary N) is 1. The summed E-state index contributed by atoms with van der Waals surface area (Å²) in [5, 5.41) is 8.45. The van der Waals surface area contributed by atoms with E-state index in [2.05, 4.69) is 25.1 Å². The Balaban J connectivity index is 1.12. The zero-order chi connectivity index (χ0) is 31.3. The first kappa shape index (κ1) is 31.0. The Morgan fingerprint density at radius 3 is 2.50 bits per heavy atom. The fraction of sp³-hybridized carbons (Fsp3) is 0.233. The van der Waals surface area contributed by atoms with Gasteiger partial charge in [-0.3, -0.25) is 9.69 Å². The Kier molecular flexibility index (Phi) is 9.49. The molecule has 1 aliphatic heterocycles. The number of amidine groups is 1. The van der Waals surface area contributed by atoms with Crippen LogP contribution < -0.4 is 19.7 Å². The predicted octanol–water partition coefficient (Wildman–Crippen LogP) is 6.09. The summed E-state index contributed by atoms with van der Waals surface area (Å²) >= 11 is 6.79. The van der Waals surface area contributed by atoms with E-state index in [9.17, 15) is 18.0 Å². The molecule has 9 nitrogen and oxygen atoms in total. The van der Waals surface area contributed by atoms with E-state index in [1.807, 2.05) is 49.4 Å². The van der Waals surface area contributed by atoms with Gasteiger partial charge in [0.25, 0.3) is 0 Å². The topological polar surface area (TPSA) is 93.9 Å². The van der Waals surface area contributed by atoms with Crippen LogP contribution >= 0.6 is 24.0 Å². The molecule has 1 aliphatic rings. The van der Waals surface area contributed by atoms with Crippen molar-refractivity contribution in [3.63, 3.8) is 0 Å². The highest BCUT2D eigenvalue weighted by Gasteiger charge is 2.32. The summed E-state index contributed by atoms with van der Waals surface area (Å²) in [4.78, 5) is 23.0. The van der Waals surface area contributed by atoms with Crippen LogP contribution in [0.4, 0.5) is 18.9 Å². The smallest absolute Gasteiger partial charge is 0.497 e. The number of amides is 1. The number of hydrogen-bond acceptors (Lipinski definition) is 7. The number of nitrogens with zero attached hydrogens (tertiary/aromatic N) is 5. The van der Waals surface area contributed by atoms with E-state index >= 15 is 0 Å². The van der Waals surface area contributed by atoms with Crippen LogP contribution in [0.15, 0.2) is 78.0 Å². The van der Waals surface area contributed by atoms with Gasteiger partial charge in [-0.2, -0.15) is 4.99 Å². The van der Waals surface area contributed by atoms with Crippen molar-refractivity contribution in [2.75, 3.05) is 24.3 Å². The van der Waals surface area contributed by atoms with Gasteiger partial charge in [0.05, 0.1) is 24.2 Å². The maximum Gasteiger partial charge on any atom is 0.573 e. The third-order valence-corrected chi connectivity index (χ3v) is 7.72. The van der Waals surface area contributed by atoms with Gasteiger partial charge in [-0.15, -0.1) is 18.3 Å². The van der Waals surface area contributed by atoms with Crippen LogP contribution in [0.5, 0.6) is 11.5 Å². The van der Waals surface area contributed by atoms with E-state index in [0.717, 1.165) is 35.2 Å². The molecule has 14 heteroatoms. The van der Waals surface area contributed by atoms with E-state index in [0.29, 0.717) is 39.8 Å². The molecule has 0 aliphatic carbocycles. The lowest BCUT2D eigenvalue weighted by molar-refractivity contribution is -0.274. The third-order valence-electron chi connectivity index (χ3n) is 6.56. The van der Waals surface area contributed by atoms with E-state index in [-0.39, 0.29) is 11.7 Å². The first-order valence-corrected chi connectivity index (χ1v) is 14.8. The van der Waals surface area contributed by atoms with E-state index in [1.165, 1.54) is 47.0 Å². The van der Waals surface area contributed by atoms with Crippen molar-refractivity contribution in [2.45, 2.75) is 26.1 Å². The lowest BCUT2D eigenvalue weighted by Gasteiger charge is -2.19. The fourth-order valence-electron chi connectivity index (χ4n) is 4.44. The van der Waals surface area contributed by atoms with Crippen molar-refractivity contribution < 1.29 is 27.4 Å². The zero-order valence-electron chi connectivity index (χ0n) is 23.7. The van der Waals surface area contributed by atoms with Gasteiger partial charge in [-0.1, -0.05) is 36.0 Å². The number of thioether (sulfide) groups is 1. The molecule has 1 aromatic heterocycles. The Morgan fingerprint density at radius 1 is 1.09 bits per heavy atom. The lowest BCUT2D eigenvalue weighted by Crippen LogP contribution is -2.32. The molecule has 0 saturated carbocycles. The fourth-order valence-corrected chi connectivity index (χ4v) is 5.56. The minimum Gasteiger partial charge on any atom is -0.497 e. The van der Waals surface area contributed by atoms with Crippen LogP contribution in [-0.2, 0) is 11.2 Å². The van der Waals surface area contributed by atoms with Gasteiger partial charge in [-0.05, 0) is 85.6 Å². The zero-order valence-corrected chi connectivity index (χ0v) is 25.3. The molecule has 0 spiro atoms. The number of aliphatic imine (C=N–C) groups is 1. The highest BCUT2D eigenvalue weighted by atomic mass is 32.2. The Labute approximate surface area is 261 Å². The number of methoxy groups -OCH3 is 1. The Morgan fingerprint density at radius 2 is 1.82 bits per heavy atom. The molecular weight excluding hydrogens is 613 g/mol. The van der Waals surface area contributed by atoms with Crippen LogP contribution in [-0.4, -0.2) is 56.7 Å². The van der Waals surface area contributed by atoms with Crippen LogP contribution in [0.25, 0.3) is 17.1 Å². The molecule has 0 unspecified atom stereocenters. The first-order chi connectivity index (χ1) is 21.1. The van der Waals surface area contributed by atoms with Gasteiger partial charge in [0.15, 0.2) is 16.1 Å². The average Bonchev–Trinajstić information content (AvgIpc) is 3.62. The second kappa shape index (κ2) is 13.5. The number of aryl methyl sites for hydroxylation is 2. The minimum atomic E-state index is -4.75. The van der Waals surface area contributed by atoms with Crippen molar-refractivity contribution in [1.82, 2.24) is 20.1 Å². The summed E-state index contributed by atoms with van der Waals surface area (Å²) in [5.41, 5.74) is 4.12. The van der Waals surface area contributed by atoms with Gasteiger partial charge in [0.1, 0.15) is 17.8 Å². The highest BCUT2D eigenvalue weighted by Crippen LogP contribution is 2.31. The number of carbonyl (C=O) groups is 1. The number of halogens is 3. The Hall–Kier alpha value is -4.43. The van der Waals surface area contributed by atoms with Gasteiger partial charge in [-0.25, -0.2) is 9.67 Å². The first-order valence-electron chi connectivity index (χ1n) is 13.4. The van der Waals surface area contributed by atoms with Crippen molar-refractivity contribution in [3.8, 4) is 28.6 Å². The number of carbonyl (C=O) groups excluding carboxylic acids is 1. The summed E-state index contributed by atoms with van der Waals surface area (Å²) in [6, 6.07) is 18.7. The third kappa shape index (κ3) is 7.74. The molecule has 5 rings (SSSR count). The molecule has 0 radical (unpaired) electrons. The van der Waals surface area contributed by atoms with Crippen LogP contribution in [0.1, 0.15) is 17.5 Å². The molecule has 1 N–H and O–H groups in total. The van der Waals surface area contributed by atoms with Gasteiger partial charge < -0.3 is 14.8 Å². The molecule has 0 atom stereocenters. The van der Waals surface area contributed by atoms with Crippen molar-refractivity contribution in [3.05, 3.63) is 84.2 Å². The maximum absolute atomic E-state index is 12.6. The number of rotatable bonds is 9. The number of thiocarbonyl (C=S) groups is 1. The number of alkyl halides is 3.